The summed E-state index contributed by atoms with van der Waals surface area (Å²) in [5.74, 6) is 0.838. The van der Waals surface area contributed by atoms with E-state index in [-0.39, 0.29) is 17.4 Å². The van der Waals surface area contributed by atoms with Gasteiger partial charge in [-0.05, 0) is 68.2 Å². The van der Waals surface area contributed by atoms with Crippen molar-refractivity contribution >= 4 is 28.6 Å². The van der Waals surface area contributed by atoms with Crippen molar-refractivity contribution in [1.29, 1.82) is 5.26 Å². The number of nitrogens with zero attached hydrogens (tertiary/aromatic N) is 6. The van der Waals surface area contributed by atoms with Gasteiger partial charge in [0.05, 0.1) is 33.4 Å². The molecule has 4 aromatic rings. The lowest BCUT2D eigenvalue weighted by molar-refractivity contribution is 0.507. The fraction of sp³-hybridized carbons (Fsp3) is 0.457. The van der Waals surface area contributed by atoms with Crippen LogP contribution in [0, 0.1) is 35.8 Å². The molecule has 2 atom stereocenters. The fourth-order valence-electron chi connectivity index (χ4n) is 4.83. The summed E-state index contributed by atoms with van der Waals surface area (Å²) in [4.78, 5) is 20.5. The number of fused-ring (bicyclic) bond motifs is 1. The molecule has 0 bridgehead atoms. The van der Waals surface area contributed by atoms with Gasteiger partial charge in [0.15, 0.2) is 5.82 Å². The Hall–Kier alpha value is -3.70. The van der Waals surface area contributed by atoms with Gasteiger partial charge in [-0.15, -0.1) is 0 Å². The quantitative estimate of drug-likeness (QED) is 0.166. The molecule has 0 unspecified atom stereocenters. The highest BCUT2D eigenvalue weighted by molar-refractivity contribution is 6.32. The van der Waals surface area contributed by atoms with Crippen molar-refractivity contribution in [2.75, 3.05) is 18.0 Å². The number of anilines is 1. The number of nitriles is 1. The standard InChI is InChI=1S/C26H35ClFN5.C9H8FN/c1-7-11-33(12-10-16(4)8-2)26-29-14-19(15-30-26)24-20(28)13-21-25(32-24)22(17(5)9-3)23(27)18(6)31-21;1-2-8-5-7(6-11)3-4-9(8)10/h13-17H,7-12H2,1-6H3;3-5H,2H2,1H3/t16-,17-;/m1./s1. The lowest BCUT2D eigenvalue weighted by Crippen LogP contribution is -2.28. The molecule has 0 amide bonds. The Balaban J connectivity index is 0.000000404. The van der Waals surface area contributed by atoms with Gasteiger partial charge in [-0.1, -0.05) is 59.6 Å². The zero-order chi connectivity index (χ0) is 32.4. The van der Waals surface area contributed by atoms with E-state index in [1.165, 1.54) is 18.2 Å². The second-order valence-corrected chi connectivity index (χ2v) is 11.6. The predicted molar refractivity (Wildman–Crippen MR) is 176 cm³/mol. The van der Waals surface area contributed by atoms with Crippen LogP contribution in [0.2, 0.25) is 5.02 Å². The van der Waals surface area contributed by atoms with E-state index < -0.39 is 5.82 Å². The molecule has 0 saturated carbocycles. The molecule has 0 aliphatic heterocycles. The maximum atomic E-state index is 15.1. The van der Waals surface area contributed by atoms with Crippen LogP contribution in [0.15, 0.2) is 36.7 Å². The summed E-state index contributed by atoms with van der Waals surface area (Å²) in [5, 5.41) is 9.08. The summed E-state index contributed by atoms with van der Waals surface area (Å²) in [5.41, 5.74) is 4.65. The lowest BCUT2D eigenvalue weighted by atomic mass is 9.96. The Kier molecular flexibility index (Phi) is 13.0. The highest BCUT2D eigenvalue weighted by Crippen LogP contribution is 2.35. The van der Waals surface area contributed by atoms with Gasteiger partial charge < -0.3 is 4.90 Å². The van der Waals surface area contributed by atoms with Gasteiger partial charge in [0, 0.05) is 42.7 Å². The highest BCUT2D eigenvalue weighted by Gasteiger charge is 2.20. The highest BCUT2D eigenvalue weighted by atomic mass is 35.5. The maximum Gasteiger partial charge on any atom is 0.225 e. The van der Waals surface area contributed by atoms with Gasteiger partial charge in [-0.2, -0.15) is 5.26 Å². The second-order valence-electron chi connectivity index (χ2n) is 11.3. The molecular formula is C35H43ClF2N6. The third kappa shape index (κ3) is 8.47. The third-order valence-electron chi connectivity index (χ3n) is 7.99. The van der Waals surface area contributed by atoms with Crippen molar-refractivity contribution in [3.05, 3.63) is 75.7 Å². The van der Waals surface area contributed by atoms with E-state index in [1.54, 1.807) is 18.5 Å². The lowest BCUT2D eigenvalue weighted by Gasteiger charge is -2.23. The minimum Gasteiger partial charge on any atom is -0.341 e. The number of benzene rings is 1. The largest absolute Gasteiger partial charge is 0.341 e. The van der Waals surface area contributed by atoms with Crippen molar-refractivity contribution in [3.8, 4) is 17.3 Å². The van der Waals surface area contributed by atoms with E-state index in [1.807, 2.05) is 19.9 Å². The molecule has 0 spiro atoms. The average molecular weight is 621 g/mol. The smallest absolute Gasteiger partial charge is 0.225 e. The predicted octanol–water partition coefficient (Wildman–Crippen LogP) is 9.61. The monoisotopic (exact) mass is 620 g/mol. The molecule has 3 heterocycles. The molecule has 0 saturated heterocycles. The molecule has 9 heteroatoms. The Morgan fingerprint density at radius 3 is 2.25 bits per heavy atom. The van der Waals surface area contributed by atoms with Crippen molar-refractivity contribution < 1.29 is 8.78 Å². The Morgan fingerprint density at radius 2 is 1.66 bits per heavy atom. The van der Waals surface area contributed by atoms with Crippen LogP contribution in [0.25, 0.3) is 22.3 Å². The van der Waals surface area contributed by atoms with Crippen molar-refractivity contribution in [3.63, 3.8) is 0 Å². The molecule has 6 nitrogen and oxygen atoms in total. The first kappa shape index (κ1) is 34.8. The van der Waals surface area contributed by atoms with Gasteiger partial charge in [0.2, 0.25) is 5.95 Å². The molecule has 3 aromatic heterocycles. The van der Waals surface area contributed by atoms with Gasteiger partial charge in [0.1, 0.15) is 11.5 Å². The zero-order valence-corrected chi connectivity index (χ0v) is 27.6. The van der Waals surface area contributed by atoms with Crippen LogP contribution < -0.4 is 4.90 Å². The number of aryl methyl sites for hydroxylation is 2. The first-order chi connectivity index (χ1) is 21.1. The number of aromatic nitrogens is 4. The van der Waals surface area contributed by atoms with Crippen molar-refractivity contribution in [2.24, 2.45) is 5.92 Å². The van der Waals surface area contributed by atoms with Crippen molar-refractivity contribution in [2.45, 2.75) is 86.5 Å². The third-order valence-corrected chi connectivity index (χ3v) is 8.47. The molecular weight excluding hydrogens is 578 g/mol. The van der Waals surface area contributed by atoms with Crippen LogP contribution in [0.4, 0.5) is 14.7 Å². The van der Waals surface area contributed by atoms with E-state index in [2.05, 4.69) is 59.5 Å². The summed E-state index contributed by atoms with van der Waals surface area (Å²) in [7, 11) is 0. The first-order valence-corrected chi connectivity index (χ1v) is 15.9. The zero-order valence-electron chi connectivity index (χ0n) is 26.9. The summed E-state index contributed by atoms with van der Waals surface area (Å²) in [6, 6.07) is 7.79. The van der Waals surface area contributed by atoms with Crippen LogP contribution >= 0.6 is 11.6 Å². The van der Waals surface area contributed by atoms with E-state index in [0.29, 0.717) is 56.7 Å². The SMILES string of the molecule is CCCN(CC[C@H](C)CC)c1ncc(-c2nc3c([C@H](C)CC)c(Cl)c(C)nc3cc2F)cn1.CCc1cc(C#N)ccc1F. The van der Waals surface area contributed by atoms with E-state index in [9.17, 15) is 4.39 Å². The normalized spacial score (nSPS) is 12.3. The first-order valence-electron chi connectivity index (χ1n) is 15.5. The summed E-state index contributed by atoms with van der Waals surface area (Å²) in [6.45, 7) is 16.3. The van der Waals surface area contributed by atoms with Crippen molar-refractivity contribution in [1.82, 2.24) is 19.9 Å². The second kappa shape index (κ2) is 16.4. The van der Waals surface area contributed by atoms with Gasteiger partial charge in [0.25, 0.3) is 0 Å². The molecule has 234 valence electrons. The number of hydrogen-bond donors (Lipinski definition) is 0. The van der Waals surface area contributed by atoms with Crippen LogP contribution in [0.5, 0.6) is 0 Å². The molecule has 44 heavy (non-hydrogen) atoms. The Bertz CT molecular complexity index is 1590. The average Bonchev–Trinajstić information content (AvgIpc) is 3.03. The van der Waals surface area contributed by atoms with Gasteiger partial charge in [-0.3, -0.25) is 0 Å². The Morgan fingerprint density at radius 1 is 0.955 bits per heavy atom. The number of hydrogen-bond acceptors (Lipinski definition) is 6. The van der Waals surface area contributed by atoms with E-state index >= 15 is 4.39 Å². The Labute approximate surface area is 265 Å². The summed E-state index contributed by atoms with van der Waals surface area (Å²) < 4.78 is 27.9. The molecule has 0 aliphatic rings. The molecule has 4 rings (SSSR count). The number of rotatable bonds is 11. The summed E-state index contributed by atoms with van der Waals surface area (Å²) in [6.07, 6.45) is 8.11. The van der Waals surface area contributed by atoms with Gasteiger partial charge >= 0.3 is 0 Å². The molecule has 0 radical (unpaired) electrons. The minimum atomic E-state index is -0.439. The fourth-order valence-corrected chi connectivity index (χ4v) is 5.15. The molecule has 0 aliphatic carbocycles. The molecule has 0 N–H and O–H groups in total. The maximum absolute atomic E-state index is 15.1. The van der Waals surface area contributed by atoms with Crippen LogP contribution in [0.3, 0.4) is 0 Å². The number of pyridine rings is 2. The minimum absolute atomic E-state index is 0.180. The number of halogens is 3. The van der Waals surface area contributed by atoms with E-state index in [0.717, 1.165) is 44.3 Å². The van der Waals surface area contributed by atoms with Gasteiger partial charge in [-0.25, -0.2) is 28.7 Å². The topological polar surface area (TPSA) is 78.6 Å². The van der Waals surface area contributed by atoms with E-state index in [4.69, 9.17) is 16.9 Å². The van der Waals surface area contributed by atoms with Crippen LogP contribution in [-0.4, -0.2) is 33.0 Å². The molecule has 1 aromatic carbocycles. The van der Waals surface area contributed by atoms with Crippen LogP contribution in [-0.2, 0) is 6.42 Å². The summed E-state index contributed by atoms with van der Waals surface area (Å²) >= 11 is 6.61. The van der Waals surface area contributed by atoms with Crippen LogP contribution in [0.1, 0.15) is 95.5 Å². The molecule has 0 fully saturated rings.